The number of aryl methyl sites for hydroxylation is 1. The number of nitrogens with one attached hydrogen (secondary N) is 1. The summed E-state index contributed by atoms with van der Waals surface area (Å²) >= 11 is 13.4. The van der Waals surface area contributed by atoms with E-state index in [2.05, 4.69) is 5.32 Å². The van der Waals surface area contributed by atoms with Gasteiger partial charge in [-0.25, -0.2) is 12.7 Å². The monoisotopic (exact) mass is 527 g/mol. The lowest BCUT2D eigenvalue weighted by atomic mass is 9.97. The Labute approximate surface area is 206 Å². The summed E-state index contributed by atoms with van der Waals surface area (Å²) < 4.78 is 29.7. The molecule has 7 nitrogen and oxygen atoms in total. The average molecular weight is 528 g/mol. The van der Waals surface area contributed by atoms with Gasteiger partial charge in [-0.2, -0.15) is 0 Å². The van der Waals surface area contributed by atoms with Crippen molar-refractivity contribution in [3.05, 3.63) is 61.7 Å². The Morgan fingerprint density at radius 2 is 1.82 bits per heavy atom. The van der Waals surface area contributed by atoms with E-state index in [0.29, 0.717) is 40.7 Å². The van der Waals surface area contributed by atoms with E-state index in [1.165, 1.54) is 4.31 Å². The predicted octanol–water partition coefficient (Wildman–Crippen LogP) is 4.57. The molecule has 0 unspecified atom stereocenters. The summed E-state index contributed by atoms with van der Waals surface area (Å²) in [7, 11) is -3.62. The van der Waals surface area contributed by atoms with E-state index < -0.39 is 10.0 Å². The van der Waals surface area contributed by atoms with Crippen LogP contribution in [0.1, 0.15) is 25.3 Å². The average Bonchev–Trinajstić information content (AvgIpc) is 3.10. The van der Waals surface area contributed by atoms with E-state index in [1.54, 1.807) is 34.9 Å². The first-order chi connectivity index (χ1) is 15.7. The van der Waals surface area contributed by atoms with E-state index in [9.17, 15) is 18.0 Å². The zero-order valence-corrected chi connectivity index (χ0v) is 21.0. The number of halogens is 2. The Hall–Kier alpha value is -1.91. The van der Waals surface area contributed by atoms with E-state index in [-0.39, 0.29) is 35.5 Å². The van der Waals surface area contributed by atoms with Crippen LogP contribution in [0.25, 0.3) is 10.2 Å². The summed E-state index contributed by atoms with van der Waals surface area (Å²) in [6.07, 6.45) is 0.839. The molecule has 11 heteroatoms. The molecule has 176 valence electrons. The Morgan fingerprint density at radius 1 is 1.15 bits per heavy atom. The molecule has 33 heavy (non-hydrogen) atoms. The second-order valence-electron chi connectivity index (χ2n) is 7.91. The van der Waals surface area contributed by atoms with Crippen LogP contribution in [0.3, 0.4) is 0 Å². The Bertz CT molecular complexity index is 1340. The number of thiazole rings is 1. The van der Waals surface area contributed by atoms with Gasteiger partial charge in [-0.3, -0.25) is 14.2 Å². The summed E-state index contributed by atoms with van der Waals surface area (Å²) in [5.74, 6) is -0.722. The second kappa shape index (κ2) is 9.76. The Morgan fingerprint density at radius 3 is 2.45 bits per heavy atom. The number of anilines is 1. The molecule has 1 N–H and O–H groups in total. The molecule has 2 heterocycles. The van der Waals surface area contributed by atoms with E-state index in [0.717, 1.165) is 21.6 Å². The molecule has 1 aliphatic heterocycles. The molecule has 4 rings (SSSR count). The number of nitrogens with zero attached hydrogens (tertiary/aromatic N) is 2. The van der Waals surface area contributed by atoms with Crippen molar-refractivity contribution in [2.24, 2.45) is 5.92 Å². The highest BCUT2D eigenvalue weighted by atomic mass is 35.5. The number of carbonyl (C=O) groups is 1. The largest absolute Gasteiger partial charge is 0.326 e. The fraction of sp³-hybridized carbons (Fsp3) is 0.364. The highest BCUT2D eigenvalue weighted by molar-refractivity contribution is 7.88. The smallest absolute Gasteiger partial charge is 0.308 e. The second-order valence-corrected chi connectivity index (χ2v) is 11.7. The first-order valence-corrected chi connectivity index (χ1v) is 13.7. The maximum atomic E-state index is 12.9. The summed E-state index contributed by atoms with van der Waals surface area (Å²) in [5.41, 5.74) is 1.86. The highest BCUT2D eigenvalue weighted by Crippen LogP contribution is 2.29. The van der Waals surface area contributed by atoms with Crippen molar-refractivity contribution in [1.29, 1.82) is 0 Å². The summed E-state index contributed by atoms with van der Waals surface area (Å²) in [4.78, 5) is 24.8. The number of aromatic nitrogens is 1. The van der Waals surface area contributed by atoms with Crippen molar-refractivity contribution in [1.82, 2.24) is 8.87 Å². The maximum absolute atomic E-state index is 12.9. The highest BCUT2D eigenvalue weighted by Gasteiger charge is 2.32. The van der Waals surface area contributed by atoms with Gasteiger partial charge in [-0.05, 0) is 50.1 Å². The molecule has 0 atom stereocenters. The van der Waals surface area contributed by atoms with Gasteiger partial charge in [0.15, 0.2) is 0 Å². The topological polar surface area (TPSA) is 88.5 Å². The van der Waals surface area contributed by atoms with E-state index in [1.807, 2.05) is 13.0 Å². The van der Waals surface area contributed by atoms with Crippen LogP contribution < -0.4 is 10.2 Å². The summed E-state index contributed by atoms with van der Waals surface area (Å²) in [6.45, 7) is 3.01. The number of carbonyl (C=O) groups excluding carboxylic acids is 1. The molecule has 1 saturated heterocycles. The number of piperidine rings is 1. The van der Waals surface area contributed by atoms with Crippen molar-refractivity contribution >= 4 is 66.4 Å². The molecule has 0 aliphatic carbocycles. The minimum Gasteiger partial charge on any atom is -0.326 e. The fourth-order valence-corrected chi connectivity index (χ4v) is 7.34. The lowest BCUT2D eigenvalue weighted by Crippen LogP contribution is -2.41. The zero-order chi connectivity index (χ0) is 23.8. The molecule has 1 fully saturated rings. The molecule has 3 aromatic rings. The van der Waals surface area contributed by atoms with Crippen LogP contribution in [0.4, 0.5) is 5.69 Å². The van der Waals surface area contributed by atoms with Crippen LogP contribution in [0.15, 0.2) is 41.2 Å². The first kappa shape index (κ1) is 24.2. The fourth-order valence-electron chi connectivity index (χ4n) is 4.03. The molecular weight excluding hydrogens is 505 g/mol. The number of benzene rings is 2. The van der Waals surface area contributed by atoms with Crippen molar-refractivity contribution in [2.75, 3.05) is 18.4 Å². The summed E-state index contributed by atoms with van der Waals surface area (Å²) in [6, 6.07) is 10.3. The molecule has 1 amide bonds. The SMILES string of the molecule is CCn1c(=O)sc2cc(NC(=O)C3CCN(S(=O)(=O)Cc4c(Cl)cccc4Cl)CC3)ccc21. The number of rotatable bonds is 6. The van der Waals surface area contributed by atoms with Gasteiger partial charge in [-0.15, -0.1) is 0 Å². The zero-order valence-electron chi connectivity index (χ0n) is 17.9. The normalized spacial score (nSPS) is 15.7. The van der Waals surface area contributed by atoms with E-state index >= 15 is 0 Å². The third-order valence-electron chi connectivity index (χ3n) is 5.86. The van der Waals surface area contributed by atoms with Crippen molar-refractivity contribution in [2.45, 2.75) is 32.1 Å². The van der Waals surface area contributed by atoms with E-state index in [4.69, 9.17) is 23.2 Å². The standard InChI is InChI=1S/C22H23Cl2N3O4S2/c1-2-27-19-7-6-15(12-20(19)32-22(27)29)25-21(28)14-8-10-26(11-9-14)33(30,31)13-16-17(23)4-3-5-18(16)24/h3-7,12,14H,2,8-11,13H2,1H3,(H,25,28). The maximum Gasteiger partial charge on any atom is 0.308 e. The third-order valence-corrected chi connectivity index (χ3v) is 9.31. The Kier molecular flexibility index (Phi) is 7.16. The van der Waals surface area contributed by atoms with Crippen LogP contribution >= 0.6 is 34.5 Å². The lowest BCUT2D eigenvalue weighted by Gasteiger charge is -2.30. The third kappa shape index (κ3) is 5.12. The Balaban J connectivity index is 1.39. The molecule has 0 radical (unpaired) electrons. The number of hydrogen-bond donors (Lipinski definition) is 1. The van der Waals surface area contributed by atoms with Gasteiger partial charge in [0.05, 0.1) is 16.0 Å². The molecule has 2 aromatic carbocycles. The van der Waals surface area contributed by atoms with Crippen LogP contribution in [0, 0.1) is 5.92 Å². The predicted molar refractivity (Wildman–Crippen MR) is 134 cm³/mol. The van der Waals surface area contributed by atoms with Crippen LogP contribution in [0.2, 0.25) is 10.0 Å². The van der Waals surface area contributed by atoms with Gasteiger partial charge in [0.2, 0.25) is 15.9 Å². The minimum atomic E-state index is -3.62. The number of hydrogen-bond acceptors (Lipinski definition) is 5. The quantitative estimate of drug-likeness (QED) is 0.508. The lowest BCUT2D eigenvalue weighted by molar-refractivity contribution is -0.120. The van der Waals surface area contributed by atoms with Crippen LogP contribution in [-0.4, -0.2) is 36.3 Å². The van der Waals surface area contributed by atoms with Gasteiger partial charge in [0.1, 0.15) is 0 Å². The molecule has 1 aromatic heterocycles. The molecular formula is C22H23Cl2N3O4S2. The molecule has 0 bridgehead atoms. The van der Waals surface area contributed by atoms with Gasteiger partial charge < -0.3 is 5.32 Å². The van der Waals surface area contributed by atoms with Gasteiger partial charge in [-0.1, -0.05) is 40.6 Å². The van der Waals surface area contributed by atoms with Crippen LogP contribution in [0.5, 0.6) is 0 Å². The van der Waals surface area contributed by atoms with Crippen molar-refractivity contribution < 1.29 is 13.2 Å². The van der Waals surface area contributed by atoms with Crippen LogP contribution in [-0.2, 0) is 27.1 Å². The molecule has 0 spiro atoms. The summed E-state index contributed by atoms with van der Waals surface area (Å²) in [5, 5.41) is 3.55. The number of sulfonamides is 1. The minimum absolute atomic E-state index is 0.0253. The molecule has 0 saturated carbocycles. The van der Waals surface area contributed by atoms with Gasteiger partial charge in [0, 0.05) is 46.8 Å². The van der Waals surface area contributed by atoms with Gasteiger partial charge in [0.25, 0.3) is 0 Å². The van der Waals surface area contributed by atoms with Crippen molar-refractivity contribution in [3.8, 4) is 0 Å². The molecule has 1 aliphatic rings. The first-order valence-electron chi connectivity index (χ1n) is 10.5. The van der Waals surface area contributed by atoms with Gasteiger partial charge >= 0.3 is 4.87 Å². The van der Waals surface area contributed by atoms with Crippen molar-refractivity contribution in [3.63, 3.8) is 0 Å². The number of amides is 1. The number of fused-ring (bicyclic) bond motifs is 1.